The van der Waals surface area contributed by atoms with Gasteiger partial charge < -0.3 is 10.4 Å². The van der Waals surface area contributed by atoms with E-state index in [1.54, 1.807) is 6.07 Å². The van der Waals surface area contributed by atoms with Gasteiger partial charge >= 0.3 is 0 Å². The lowest BCUT2D eigenvalue weighted by molar-refractivity contribution is -0.595. The Morgan fingerprint density at radius 2 is 2.06 bits per heavy atom. The molecule has 0 unspecified atom stereocenters. The summed E-state index contributed by atoms with van der Waals surface area (Å²) in [7, 11) is 0. The van der Waals surface area contributed by atoms with Crippen molar-refractivity contribution >= 4 is 5.69 Å². The zero-order chi connectivity index (χ0) is 11.7. The van der Waals surface area contributed by atoms with Crippen molar-refractivity contribution in [1.82, 2.24) is 4.73 Å². The van der Waals surface area contributed by atoms with Crippen LogP contribution in [-0.2, 0) is 0 Å². The highest BCUT2D eigenvalue weighted by Crippen LogP contribution is 2.26. The minimum Gasteiger partial charge on any atom is -0.710 e. The molecule has 0 aliphatic rings. The Bertz CT molecular complexity index is 549. The average Bonchev–Trinajstić information content (AvgIpc) is 2.57. The number of hydrogen-bond donors (Lipinski definition) is 1. The molecule has 2 aromatic rings. The highest BCUT2D eigenvalue weighted by Gasteiger charge is 2.20. The normalized spacial score (nSPS) is 10.2. The first kappa shape index (κ1) is 9.97. The summed E-state index contributed by atoms with van der Waals surface area (Å²) < 4.78 is 0.918. The molecule has 0 atom stereocenters. The molecule has 0 saturated heterocycles. The van der Waals surface area contributed by atoms with Crippen molar-refractivity contribution in [3.63, 3.8) is 0 Å². The van der Waals surface area contributed by atoms with Crippen LogP contribution in [0.2, 0.25) is 0 Å². The third-order valence-electron chi connectivity index (χ3n) is 2.09. The van der Waals surface area contributed by atoms with E-state index in [-0.39, 0.29) is 16.9 Å². The first-order valence-electron chi connectivity index (χ1n) is 4.34. The first-order chi connectivity index (χ1) is 7.59. The van der Waals surface area contributed by atoms with Gasteiger partial charge in [0, 0.05) is 6.07 Å². The van der Waals surface area contributed by atoms with Gasteiger partial charge in [0.1, 0.15) is 5.56 Å². The predicted molar refractivity (Wildman–Crippen MR) is 52.7 cm³/mol. The maximum Gasteiger partial charge on any atom is 0.287 e. The van der Waals surface area contributed by atoms with Crippen molar-refractivity contribution in [1.29, 1.82) is 0 Å². The van der Waals surface area contributed by atoms with Gasteiger partial charge in [-0.05, 0) is 6.07 Å². The zero-order valence-electron chi connectivity index (χ0n) is 7.98. The van der Waals surface area contributed by atoms with Crippen molar-refractivity contribution < 1.29 is 14.9 Å². The summed E-state index contributed by atoms with van der Waals surface area (Å²) in [5, 5.41) is 31.1. The molecule has 16 heavy (non-hydrogen) atoms. The van der Waals surface area contributed by atoms with E-state index in [0.29, 0.717) is 9.46 Å². The van der Waals surface area contributed by atoms with Crippen LogP contribution in [0, 0.1) is 15.3 Å². The fourth-order valence-corrected chi connectivity index (χ4v) is 1.42. The molecule has 2 rings (SSSR count). The molecule has 1 aromatic heterocycles. The summed E-state index contributed by atoms with van der Waals surface area (Å²) in [6, 6.07) is 5.83. The van der Waals surface area contributed by atoms with E-state index in [9.17, 15) is 15.3 Å². The molecule has 82 valence electrons. The fourth-order valence-electron chi connectivity index (χ4n) is 1.42. The molecule has 1 N–H and O–H groups in total. The van der Waals surface area contributed by atoms with Crippen LogP contribution in [0.4, 0.5) is 5.69 Å². The molecule has 0 fully saturated rings. The minimum absolute atomic E-state index is 0.0230. The van der Waals surface area contributed by atoms with Crippen LogP contribution in [0.15, 0.2) is 36.8 Å². The third kappa shape index (κ3) is 1.54. The number of benzene rings is 1. The van der Waals surface area contributed by atoms with Gasteiger partial charge in [0.25, 0.3) is 12.0 Å². The summed E-state index contributed by atoms with van der Waals surface area (Å²) in [4.78, 5) is 10.2. The molecule has 0 saturated carbocycles. The van der Waals surface area contributed by atoms with E-state index in [0.717, 1.165) is 12.5 Å². The lowest BCUT2D eigenvalue weighted by Gasteiger charge is -2.02. The van der Waals surface area contributed by atoms with Gasteiger partial charge in [-0.15, -0.1) is 0 Å². The van der Waals surface area contributed by atoms with Crippen molar-refractivity contribution in [2.24, 2.45) is 0 Å². The summed E-state index contributed by atoms with van der Waals surface area (Å²) >= 11 is 0. The molecule has 0 bridgehead atoms. The molecule has 0 radical (unpaired) electrons. The Kier molecular flexibility index (Phi) is 2.20. The summed E-state index contributed by atoms with van der Waals surface area (Å²) in [6.45, 7) is 0. The standard InChI is InChI=1S/C9H7N3O4/c13-10-5-9(11(14)6-10)7-3-1-2-4-8(7)12(15)16/h1-6,13H. The van der Waals surface area contributed by atoms with E-state index in [4.69, 9.17) is 5.21 Å². The second-order valence-corrected chi connectivity index (χ2v) is 3.11. The zero-order valence-corrected chi connectivity index (χ0v) is 7.98. The second-order valence-electron chi connectivity index (χ2n) is 3.11. The quantitative estimate of drug-likeness (QED) is 0.268. The first-order valence-corrected chi connectivity index (χ1v) is 4.34. The van der Waals surface area contributed by atoms with Crippen LogP contribution in [0.1, 0.15) is 0 Å². The third-order valence-corrected chi connectivity index (χ3v) is 2.09. The van der Waals surface area contributed by atoms with Gasteiger partial charge in [-0.25, -0.2) is 4.73 Å². The summed E-state index contributed by atoms with van der Waals surface area (Å²) in [6.07, 6.45) is 1.97. The lowest BCUT2D eigenvalue weighted by atomic mass is 10.1. The van der Waals surface area contributed by atoms with Gasteiger partial charge in [-0.1, -0.05) is 16.9 Å². The van der Waals surface area contributed by atoms with Crippen LogP contribution in [-0.4, -0.2) is 14.9 Å². The largest absolute Gasteiger partial charge is 0.710 e. The van der Waals surface area contributed by atoms with Crippen LogP contribution < -0.4 is 4.73 Å². The summed E-state index contributed by atoms with van der Waals surface area (Å²) in [5.74, 6) is 0. The number of nitro groups is 1. The number of hydrogen-bond acceptors (Lipinski definition) is 4. The molecule has 0 amide bonds. The lowest BCUT2D eigenvalue weighted by Crippen LogP contribution is -2.25. The molecular weight excluding hydrogens is 214 g/mol. The fraction of sp³-hybridized carbons (Fsp3) is 0. The maximum absolute atomic E-state index is 11.3. The van der Waals surface area contributed by atoms with Crippen molar-refractivity contribution in [3.8, 4) is 11.3 Å². The topological polar surface area (TPSA) is 95.2 Å². The van der Waals surface area contributed by atoms with Crippen LogP contribution in [0.3, 0.4) is 0 Å². The molecule has 0 spiro atoms. The number of nitrogens with zero attached hydrogens (tertiary/aromatic N) is 3. The smallest absolute Gasteiger partial charge is 0.287 e. The van der Waals surface area contributed by atoms with Crippen molar-refractivity contribution in [2.75, 3.05) is 0 Å². The van der Waals surface area contributed by atoms with E-state index in [1.165, 1.54) is 18.2 Å². The van der Waals surface area contributed by atoms with Gasteiger partial charge in [0.05, 0.1) is 4.92 Å². The molecule has 1 aromatic carbocycles. The number of aromatic nitrogens is 2. The molecule has 0 aliphatic carbocycles. The molecule has 7 nitrogen and oxygen atoms in total. The van der Waals surface area contributed by atoms with E-state index >= 15 is 0 Å². The molecule has 0 aliphatic heterocycles. The Labute approximate surface area is 89.5 Å². The number of imidazole rings is 1. The number of para-hydroxylation sites is 1. The van der Waals surface area contributed by atoms with Gasteiger partial charge in [-0.2, -0.15) is 0 Å². The average molecular weight is 221 g/mol. The van der Waals surface area contributed by atoms with Crippen LogP contribution in [0.25, 0.3) is 11.3 Å². The Morgan fingerprint density at radius 1 is 1.38 bits per heavy atom. The predicted octanol–water partition coefficient (Wildman–Crippen LogP) is 0.934. The Balaban J connectivity index is 2.64. The summed E-state index contributed by atoms with van der Waals surface area (Å²) in [5.41, 5.74) is 0.00315. The molecule has 1 heterocycles. The number of rotatable bonds is 2. The molecule has 7 heteroatoms. The Morgan fingerprint density at radius 3 is 2.62 bits per heavy atom. The SMILES string of the molecule is O=[N+]([O-])c1ccccc1-c1cn(O)c[n+]1[O-]. The van der Waals surface area contributed by atoms with E-state index in [1.807, 2.05) is 0 Å². The van der Waals surface area contributed by atoms with Crippen LogP contribution >= 0.6 is 0 Å². The van der Waals surface area contributed by atoms with Crippen molar-refractivity contribution in [2.45, 2.75) is 0 Å². The van der Waals surface area contributed by atoms with Gasteiger partial charge in [0.2, 0.25) is 0 Å². The van der Waals surface area contributed by atoms with E-state index < -0.39 is 4.92 Å². The number of nitro benzene ring substituents is 1. The maximum atomic E-state index is 11.3. The second kappa shape index (κ2) is 3.54. The van der Waals surface area contributed by atoms with Crippen LogP contribution in [0.5, 0.6) is 0 Å². The minimum atomic E-state index is -0.579. The highest BCUT2D eigenvalue weighted by atomic mass is 16.6. The van der Waals surface area contributed by atoms with Gasteiger partial charge in [0.15, 0.2) is 11.9 Å². The Hall–Kier alpha value is -2.57. The van der Waals surface area contributed by atoms with Gasteiger partial charge in [-0.3, -0.25) is 10.1 Å². The highest BCUT2D eigenvalue weighted by molar-refractivity contribution is 5.67. The monoisotopic (exact) mass is 221 g/mol. The van der Waals surface area contributed by atoms with Crippen molar-refractivity contribution in [3.05, 3.63) is 52.1 Å². The molecular formula is C9H7N3O4. The van der Waals surface area contributed by atoms with E-state index in [2.05, 4.69) is 0 Å².